The number of ether oxygens (including phenoxy) is 2. The zero-order chi connectivity index (χ0) is 41.7. The molecule has 0 spiro atoms. The van der Waals surface area contributed by atoms with E-state index in [0.717, 1.165) is 104 Å². The molecule has 10 aromatic rings. The molecule has 62 heavy (non-hydrogen) atoms. The van der Waals surface area contributed by atoms with Gasteiger partial charge >= 0.3 is 35.6 Å². The van der Waals surface area contributed by atoms with E-state index < -0.39 is 46.7 Å². The Balaban J connectivity index is 0.00000133. The van der Waals surface area contributed by atoms with Crippen molar-refractivity contribution in [1.82, 2.24) is 0 Å². The van der Waals surface area contributed by atoms with Crippen LogP contribution in [0.1, 0.15) is 34.1 Å². The summed E-state index contributed by atoms with van der Waals surface area (Å²) in [5.74, 6) is 0. The summed E-state index contributed by atoms with van der Waals surface area (Å²) in [6, 6.07) is 64.4. The Labute approximate surface area is 374 Å². The molecule has 4 nitrogen and oxygen atoms in total. The molecule has 2 aliphatic carbocycles. The molecule has 0 radical (unpaired) electrons. The molecule has 1 aliphatic heterocycles. The minimum atomic E-state index is -1.74. The molecule has 1 heterocycles. The fourth-order valence-electron chi connectivity index (χ4n) is 11.0. The molecule has 2 N–H and O–H groups in total. The van der Waals surface area contributed by atoms with Crippen LogP contribution in [0, 0.1) is 0 Å². The van der Waals surface area contributed by atoms with Gasteiger partial charge in [-0.05, 0) is 98.4 Å². The van der Waals surface area contributed by atoms with Gasteiger partial charge in [-0.2, -0.15) is 0 Å². The van der Waals surface area contributed by atoms with Gasteiger partial charge in [-0.15, -0.1) is 0 Å². The summed E-state index contributed by atoms with van der Waals surface area (Å²) >= 11 is -0.556. The third-order valence-corrected chi connectivity index (χ3v) is 13.6. The quantitative estimate of drug-likeness (QED) is 0.174. The van der Waals surface area contributed by atoms with Gasteiger partial charge in [0.2, 0.25) is 0 Å². The van der Waals surface area contributed by atoms with Crippen LogP contribution in [0.5, 0.6) is 0 Å². The van der Waals surface area contributed by atoms with Crippen molar-refractivity contribution in [2.75, 3.05) is 0 Å². The van der Waals surface area contributed by atoms with Crippen molar-refractivity contribution in [3.05, 3.63) is 216 Å². The Morgan fingerprint density at radius 3 is 0.968 bits per heavy atom. The van der Waals surface area contributed by atoms with Crippen LogP contribution in [0.2, 0.25) is 0 Å². The second-order valence-electron chi connectivity index (χ2n) is 16.5. The maximum atomic E-state index is 14.2. The average molecular weight is 880 g/mol. The van der Waals surface area contributed by atoms with Gasteiger partial charge in [-0.1, -0.05) is 188 Å². The van der Waals surface area contributed by atoms with E-state index in [2.05, 4.69) is 164 Å². The number of hydrogen-bond acceptors (Lipinski definition) is 4. The summed E-state index contributed by atoms with van der Waals surface area (Å²) in [7, 11) is 9.78. The average Bonchev–Trinajstić information content (AvgIpc) is 3.98. The summed E-state index contributed by atoms with van der Waals surface area (Å²) in [6.07, 6.45) is -3.06. The molecule has 0 bridgehead atoms. The van der Waals surface area contributed by atoms with E-state index in [0.29, 0.717) is 0 Å². The summed E-state index contributed by atoms with van der Waals surface area (Å²) in [5.41, 5.74) is 4.21. The van der Waals surface area contributed by atoms with Crippen molar-refractivity contribution < 1.29 is 36.7 Å². The van der Waals surface area contributed by atoms with Crippen molar-refractivity contribution in [1.29, 1.82) is 0 Å². The number of fused-ring (bicyclic) bond motifs is 15. The molecule has 0 aromatic heterocycles. The Hall–Kier alpha value is -5.37. The molecule has 3 aliphatic rings. The SMILES string of the molecule is OC1([C@@H]2OC(c3cccc4ccccc34)O[C@H]2C2(O)c3ccc4ccccc4c3-c3c2ccc2ccccc32)c2ccc3ccccc3c2-c2c1ccc1ccccc21.[Cl][Ti][Cl]. The molecule has 1 saturated heterocycles. The van der Waals surface area contributed by atoms with Crippen molar-refractivity contribution >= 4 is 72.5 Å². The second-order valence-corrected chi connectivity index (χ2v) is 19.0. The van der Waals surface area contributed by atoms with E-state index in [1.807, 2.05) is 24.3 Å². The van der Waals surface area contributed by atoms with Crippen molar-refractivity contribution in [3.8, 4) is 22.3 Å². The fraction of sp³-hybridized carbons (Fsp3) is 0.0909. The summed E-state index contributed by atoms with van der Waals surface area (Å²) in [5, 5.41) is 38.9. The number of halogens is 2. The van der Waals surface area contributed by atoms with E-state index in [4.69, 9.17) is 28.1 Å². The van der Waals surface area contributed by atoms with Crippen LogP contribution < -0.4 is 0 Å². The summed E-state index contributed by atoms with van der Waals surface area (Å²) in [6.45, 7) is 0. The molecule has 0 amide bonds. The topological polar surface area (TPSA) is 58.9 Å². The van der Waals surface area contributed by atoms with E-state index >= 15 is 0 Å². The molecule has 1 fully saturated rings. The van der Waals surface area contributed by atoms with Crippen LogP contribution in [-0.2, 0) is 37.7 Å². The van der Waals surface area contributed by atoms with E-state index in [1.54, 1.807) is 0 Å². The van der Waals surface area contributed by atoms with Gasteiger partial charge in [-0.25, -0.2) is 0 Å². The first-order valence-electron chi connectivity index (χ1n) is 20.7. The van der Waals surface area contributed by atoms with Gasteiger partial charge in [0.25, 0.3) is 0 Å². The Morgan fingerprint density at radius 2 is 0.629 bits per heavy atom. The molecular formula is C55H36Cl2O4Ti. The first-order valence-corrected chi connectivity index (χ1v) is 25.0. The monoisotopic (exact) mass is 878 g/mol. The zero-order valence-corrected chi connectivity index (χ0v) is 36.2. The number of aliphatic hydroxyl groups is 2. The predicted molar refractivity (Wildman–Crippen MR) is 248 cm³/mol. The molecule has 10 aromatic carbocycles. The van der Waals surface area contributed by atoms with E-state index in [-0.39, 0.29) is 0 Å². The zero-order valence-electron chi connectivity index (χ0n) is 33.1. The van der Waals surface area contributed by atoms with Crippen LogP contribution in [0.15, 0.2) is 188 Å². The fourth-order valence-corrected chi connectivity index (χ4v) is 11.0. The molecule has 0 unspecified atom stereocenters. The maximum absolute atomic E-state index is 14.2. The van der Waals surface area contributed by atoms with Crippen LogP contribution in [0.3, 0.4) is 0 Å². The van der Waals surface area contributed by atoms with Gasteiger partial charge in [0.15, 0.2) is 6.29 Å². The minimum absolute atomic E-state index is 0.556. The Kier molecular flexibility index (Phi) is 9.03. The summed E-state index contributed by atoms with van der Waals surface area (Å²) in [4.78, 5) is 0. The van der Waals surface area contributed by atoms with Crippen LogP contribution >= 0.6 is 18.6 Å². The van der Waals surface area contributed by atoms with Crippen molar-refractivity contribution in [2.24, 2.45) is 0 Å². The van der Waals surface area contributed by atoms with Crippen LogP contribution in [0.25, 0.3) is 76.1 Å². The second kappa shape index (κ2) is 14.6. The third-order valence-electron chi connectivity index (χ3n) is 13.6. The van der Waals surface area contributed by atoms with Crippen molar-refractivity contribution in [3.63, 3.8) is 0 Å². The first-order chi connectivity index (χ1) is 30.4. The van der Waals surface area contributed by atoms with E-state index in [1.165, 1.54) is 0 Å². The molecular weight excluding hydrogens is 843 g/mol. The van der Waals surface area contributed by atoms with Gasteiger partial charge in [-0.3, -0.25) is 0 Å². The van der Waals surface area contributed by atoms with Crippen LogP contribution in [-0.4, -0.2) is 22.4 Å². The molecule has 13 rings (SSSR count). The predicted octanol–water partition coefficient (Wildman–Crippen LogP) is 13.4. The van der Waals surface area contributed by atoms with Crippen molar-refractivity contribution in [2.45, 2.75) is 29.7 Å². The van der Waals surface area contributed by atoms with Gasteiger partial charge in [0.1, 0.15) is 23.4 Å². The standard InChI is InChI=1S/C55H36O4.2ClH.Ti/c56-54(43-28-24-33-13-2-7-19-38(33)47(43)48-39-20-8-3-14-34(39)25-29-44(48)54)51-52(59-53(58-51)42-23-11-17-32-12-1-6-18-37(32)42)55(57)45-30-26-35-15-4-9-21-40(35)49(45)50-41-22-10-5-16-36(41)27-31-46(50)55;;;/h1-31,51-53,56-57H;2*1H;/q;;;+2/p-2/t51-,52-;;;/m1.../s1. The first kappa shape index (κ1) is 38.3. The van der Waals surface area contributed by atoms with Gasteiger partial charge < -0.3 is 19.7 Å². The Morgan fingerprint density at radius 1 is 0.355 bits per heavy atom. The van der Waals surface area contributed by atoms with Gasteiger partial charge in [0, 0.05) is 5.56 Å². The normalized spacial score (nSPS) is 18.1. The van der Waals surface area contributed by atoms with Gasteiger partial charge in [0.05, 0.1) is 0 Å². The van der Waals surface area contributed by atoms with E-state index in [9.17, 15) is 10.2 Å². The molecule has 298 valence electrons. The molecule has 7 heteroatoms. The third kappa shape index (κ3) is 5.34. The molecule has 0 saturated carbocycles. The Bertz CT molecular complexity index is 3090. The summed E-state index contributed by atoms with van der Waals surface area (Å²) < 4.78 is 14.7. The number of benzene rings is 10. The van der Waals surface area contributed by atoms with Crippen LogP contribution in [0.4, 0.5) is 0 Å². The number of rotatable bonds is 3. The molecule has 2 atom stereocenters. The number of hydrogen-bond donors (Lipinski definition) is 2.